The maximum atomic E-state index is 11.6. The van der Waals surface area contributed by atoms with Gasteiger partial charge in [-0.15, -0.1) is 0 Å². The van der Waals surface area contributed by atoms with E-state index in [9.17, 15) is 9.59 Å². The zero-order valence-electron chi connectivity index (χ0n) is 12.6. The van der Waals surface area contributed by atoms with Crippen molar-refractivity contribution in [2.75, 3.05) is 7.11 Å². The Morgan fingerprint density at radius 3 is 2.50 bits per heavy atom. The number of rotatable bonds is 4. The third-order valence-electron chi connectivity index (χ3n) is 4.76. The van der Waals surface area contributed by atoms with Crippen LogP contribution in [0, 0.1) is 5.41 Å². The summed E-state index contributed by atoms with van der Waals surface area (Å²) in [6.07, 6.45) is 8.63. The van der Waals surface area contributed by atoms with Gasteiger partial charge in [0, 0.05) is 5.41 Å². The molecular weight excluding hydrogens is 256 g/mol. The number of epoxide rings is 1. The summed E-state index contributed by atoms with van der Waals surface area (Å²) >= 11 is 0. The van der Waals surface area contributed by atoms with Gasteiger partial charge >= 0.3 is 5.97 Å². The van der Waals surface area contributed by atoms with Crippen LogP contribution in [0.1, 0.15) is 40.0 Å². The molecule has 0 bridgehead atoms. The lowest BCUT2D eigenvalue weighted by atomic mass is 9.64. The van der Waals surface area contributed by atoms with Gasteiger partial charge < -0.3 is 9.47 Å². The Hall–Kier alpha value is -1.42. The van der Waals surface area contributed by atoms with Crippen molar-refractivity contribution in [3.63, 3.8) is 0 Å². The molecule has 2 fully saturated rings. The molecule has 1 saturated carbocycles. The van der Waals surface area contributed by atoms with Crippen LogP contribution in [0.4, 0.5) is 0 Å². The van der Waals surface area contributed by atoms with Gasteiger partial charge in [-0.25, -0.2) is 4.79 Å². The van der Waals surface area contributed by atoms with Crippen molar-refractivity contribution in [2.45, 2.75) is 51.2 Å². The first-order valence-electron chi connectivity index (χ1n) is 6.95. The number of carbonyl (C=O) groups excluding carboxylic acids is 2. The molecule has 2 atom stereocenters. The number of allylic oxidation sites excluding steroid dienone is 1. The first-order valence-corrected chi connectivity index (χ1v) is 6.95. The summed E-state index contributed by atoms with van der Waals surface area (Å²) in [4.78, 5) is 22.2. The maximum Gasteiger partial charge on any atom is 0.337 e. The second-order valence-corrected chi connectivity index (χ2v) is 6.39. The van der Waals surface area contributed by atoms with Crippen LogP contribution < -0.4 is 0 Å². The van der Waals surface area contributed by atoms with Crippen molar-refractivity contribution in [1.82, 2.24) is 0 Å². The molecule has 0 radical (unpaired) electrons. The molecule has 20 heavy (non-hydrogen) atoms. The van der Waals surface area contributed by atoms with Gasteiger partial charge in [0.25, 0.3) is 0 Å². The van der Waals surface area contributed by atoms with Gasteiger partial charge in [0.05, 0.1) is 18.3 Å². The Balaban J connectivity index is 2.28. The minimum atomic E-state index is -0.513. The normalized spacial score (nSPS) is 35.5. The van der Waals surface area contributed by atoms with Crippen LogP contribution in [0.25, 0.3) is 0 Å². The smallest absolute Gasteiger partial charge is 0.337 e. The SMILES string of the molecule is COC(=O)C(=C\C=O)/C=C/[C@@]12O[C@]1(C)CCCC2(C)C. The highest BCUT2D eigenvalue weighted by Gasteiger charge is 2.73. The van der Waals surface area contributed by atoms with Crippen molar-refractivity contribution >= 4 is 12.3 Å². The molecule has 4 heteroatoms. The summed E-state index contributed by atoms with van der Waals surface area (Å²) < 4.78 is 10.7. The van der Waals surface area contributed by atoms with E-state index < -0.39 is 5.97 Å². The van der Waals surface area contributed by atoms with Crippen molar-refractivity contribution < 1.29 is 19.1 Å². The molecular formula is C16H22O4. The predicted octanol–water partition coefficient (Wildman–Crippen LogP) is 2.58. The van der Waals surface area contributed by atoms with Crippen LogP contribution in [0.5, 0.6) is 0 Å². The lowest BCUT2D eigenvalue weighted by Crippen LogP contribution is -2.41. The van der Waals surface area contributed by atoms with Crippen molar-refractivity contribution in [2.24, 2.45) is 5.41 Å². The maximum absolute atomic E-state index is 11.6. The summed E-state index contributed by atoms with van der Waals surface area (Å²) in [7, 11) is 1.30. The number of methoxy groups -OCH3 is 1. The molecule has 1 aliphatic carbocycles. The Labute approximate surface area is 119 Å². The van der Waals surface area contributed by atoms with Crippen molar-refractivity contribution in [1.29, 1.82) is 0 Å². The molecule has 0 aromatic rings. The number of ether oxygens (including phenoxy) is 2. The molecule has 1 aliphatic heterocycles. The number of fused-ring (bicyclic) bond motifs is 1. The first kappa shape index (κ1) is 15.0. The van der Waals surface area contributed by atoms with Crippen LogP contribution in [0.3, 0.4) is 0 Å². The van der Waals surface area contributed by atoms with Gasteiger partial charge in [-0.3, -0.25) is 4.79 Å². The molecule has 4 nitrogen and oxygen atoms in total. The lowest BCUT2D eigenvalue weighted by molar-refractivity contribution is -0.135. The van der Waals surface area contributed by atoms with Crippen molar-refractivity contribution in [3.05, 3.63) is 23.8 Å². The van der Waals surface area contributed by atoms with E-state index in [1.165, 1.54) is 13.2 Å². The minimum absolute atomic E-state index is 0.0128. The van der Waals surface area contributed by atoms with Crippen molar-refractivity contribution in [3.8, 4) is 0 Å². The van der Waals surface area contributed by atoms with E-state index in [4.69, 9.17) is 4.74 Å². The summed E-state index contributed by atoms with van der Waals surface area (Å²) in [5, 5.41) is 0. The fraction of sp³-hybridized carbons (Fsp3) is 0.625. The highest BCUT2D eigenvalue weighted by molar-refractivity contribution is 5.95. The largest absolute Gasteiger partial charge is 0.465 e. The third-order valence-corrected chi connectivity index (χ3v) is 4.76. The fourth-order valence-corrected chi connectivity index (χ4v) is 3.50. The number of hydrogen-bond donors (Lipinski definition) is 0. The molecule has 0 spiro atoms. The fourth-order valence-electron chi connectivity index (χ4n) is 3.50. The summed E-state index contributed by atoms with van der Waals surface area (Å²) in [5.41, 5.74) is -0.253. The summed E-state index contributed by atoms with van der Waals surface area (Å²) in [6, 6.07) is 0. The number of esters is 1. The third kappa shape index (κ3) is 2.12. The van der Waals surface area contributed by atoms with E-state index in [1.54, 1.807) is 6.08 Å². The second-order valence-electron chi connectivity index (χ2n) is 6.39. The van der Waals surface area contributed by atoms with Gasteiger partial charge in [0.1, 0.15) is 11.9 Å². The van der Waals surface area contributed by atoms with Crippen LogP contribution in [-0.4, -0.2) is 30.6 Å². The summed E-state index contributed by atoms with van der Waals surface area (Å²) in [5.74, 6) is -0.513. The predicted molar refractivity (Wildman–Crippen MR) is 75.2 cm³/mol. The molecule has 0 N–H and O–H groups in total. The topological polar surface area (TPSA) is 55.9 Å². The minimum Gasteiger partial charge on any atom is -0.465 e. The lowest BCUT2D eigenvalue weighted by Gasteiger charge is -2.36. The van der Waals surface area contributed by atoms with Gasteiger partial charge in [0.15, 0.2) is 0 Å². The number of carbonyl (C=O) groups is 2. The second kappa shape index (κ2) is 4.85. The molecule has 0 unspecified atom stereocenters. The Bertz CT molecular complexity index is 489. The van der Waals surface area contributed by atoms with E-state index in [-0.39, 0.29) is 22.2 Å². The molecule has 0 aromatic heterocycles. The van der Waals surface area contributed by atoms with Crippen LogP contribution in [-0.2, 0) is 19.1 Å². The Kier molecular flexibility index (Phi) is 3.63. The molecule has 1 saturated heterocycles. The molecule has 110 valence electrons. The van der Waals surface area contributed by atoms with Crippen LogP contribution in [0.15, 0.2) is 23.8 Å². The van der Waals surface area contributed by atoms with Crippen LogP contribution >= 0.6 is 0 Å². The van der Waals surface area contributed by atoms with E-state index in [0.717, 1.165) is 19.3 Å². The zero-order chi connectivity index (χ0) is 15.0. The number of aldehydes is 1. The summed E-state index contributed by atoms with van der Waals surface area (Å²) in [6.45, 7) is 6.48. The van der Waals surface area contributed by atoms with Gasteiger partial charge in [-0.2, -0.15) is 0 Å². The average molecular weight is 278 g/mol. The quantitative estimate of drug-likeness (QED) is 0.261. The van der Waals surface area contributed by atoms with Gasteiger partial charge in [-0.05, 0) is 44.4 Å². The number of hydrogen-bond acceptors (Lipinski definition) is 4. The Morgan fingerprint density at radius 2 is 1.95 bits per heavy atom. The van der Waals surface area contributed by atoms with Gasteiger partial charge in [0.2, 0.25) is 0 Å². The standard InChI is InChI=1S/C16H22O4/c1-14(2)8-5-9-15(3)16(14,20-15)10-6-12(7-11-17)13(18)19-4/h6-7,10-11H,5,8-9H2,1-4H3/b10-6+,12-7-/t15-,16+/m1/s1. The van der Waals surface area contributed by atoms with E-state index >= 15 is 0 Å². The van der Waals surface area contributed by atoms with E-state index in [0.29, 0.717) is 6.29 Å². The van der Waals surface area contributed by atoms with Gasteiger partial charge in [-0.1, -0.05) is 13.8 Å². The molecule has 0 aromatic carbocycles. The average Bonchev–Trinajstić information content (AvgIpc) is 3.01. The van der Waals surface area contributed by atoms with E-state index in [2.05, 4.69) is 25.5 Å². The monoisotopic (exact) mass is 278 g/mol. The molecule has 2 aliphatic rings. The highest BCUT2D eigenvalue weighted by Crippen LogP contribution is 2.66. The molecule has 1 heterocycles. The molecule has 2 rings (SSSR count). The Morgan fingerprint density at radius 1 is 1.25 bits per heavy atom. The first-order chi connectivity index (χ1) is 9.32. The zero-order valence-corrected chi connectivity index (χ0v) is 12.6. The molecule has 0 amide bonds. The van der Waals surface area contributed by atoms with Crippen LogP contribution in [0.2, 0.25) is 0 Å². The van der Waals surface area contributed by atoms with E-state index in [1.807, 2.05) is 6.08 Å². The highest BCUT2D eigenvalue weighted by atomic mass is 16.6.